The second-order valence-electron chi connectivity index (χ2n) is 4.87. The van der Waals surface area contributed by atoms with Crippen molar-refractivity contribution in [2.24, 2.45) is 7.05 Å². The number of aryl methyl sites for hydroxylation is 2. The summed E-state index contributed by atoms with van der Waals surface area (Å²) in [6.07, 6.45) is 1.12. The van der Waals surface area contributed by atoms with Crippen LogP contribution in [-0.4, -0.2) is 16.3 Å². The van der Waals surface area contributed by atoms with Gasteiger partial charge >= 0.3 is 0 Å². The summed E-state index contributed by atoms with van der Waals surface area (Å²) >= 11 is 0. The molecule has 0 aliphatic carbocycles. The Morgan fingerprint density at radius 2 is 2.11 bits per heavy atom. The molecule has 3 rings (SSSR count). The average Bonchev–Trinajstić information content (AvgIpc) is 2.87. The number of benzene rings is 1. The number of hydrogen-bond donors (Lipinski definition) is 1. The first-order valence-corrected chi connectivity index (χ1v) is 6.27. The van der Waals surface area contributed by atoms with Gasteiger partial charge in [0.25, 0.3) is 0 Å². The molecular weight excluding hydrogens is 224 g/mol. The van der Waals surface area contributed by atoms with Gasteiger partial charge in [0.15, 0.2) is 0 Å². The van der Waals surface area contributed by atoms with E-state index in [1.807, 2.05) is 14.0 Å². The predicted molar refractivity (Wildman–Crippen MR) is 73.6 cm³/mol. The van der Waals surface area contributed by atoms with Crippen LogP contribution in [0.15, 0.2) is 24.3 Å². The third kappa shape index (κ3) is 1.65. The maximum Gasteiger partial charge on any atom is 0.126 e. The number of nitrogen functional groups attached to an aromatic ring is 1. The van der Waals surface area contributed by atoms with Crippen molar-refractivity contribution < 1.29 is 0 Å². The lowest BCUT2D eigenvalue weighted by Gasteiger charge is -2.19. The summed E-state index contributed by atoms with van der Waals surface area (Å²) in [6, 6.07) is 8.58. The van der Waals surface area contributed by atoms with Gasteiger partial charge in [-0.05, 0) is 25.0 Å². The summed E-state index contributed by atoms with van der Waals surface area (Å²) in [5.74, 6) is 0.775. The van der Waals surface area contributed by atoms with E-state index in [4.69, 9.17) is 5.73 Å². The van der Waals surface area contributed by atoms with E-state index in [0.29, 0.717) is 0 Å². The normalized spacial score (nSPS) is 14.0. The average molecular weight is 242 g/mol. The van der Waals surface area contributed by atoms with E-state index < -0.39 is 0 Å². The molecule has 1 aromatic heterocycles. The standard InChI is InChI=1S/C14H18N4/c1-10-12(14(15)17(2)16-10)9-18-8-7-11-5-3-4-6-13(11)18/h3-6H,7-9,15H2,1-2H3. The maximum atomic E-state index is 6.08. The molecule has 2 N–H and O–H groups in total. The zero-order valence-electron chi connectivity index (χ0n) is 10.8. The molecule has 4 nitrogen and oxygen atoms in total. The molecule has 0 unspecified atom stereocenters. The fraction of sp³-hybridized carbons (Fsp3) is 0.357. The first-order valence-electron chi connectivity index (χ1n) is 6.27. The van der Waals surface area contributed by atoms with Gasteiger partial charge in [-0.1, -0.05) is 18.2 Å². The number of nitrogens with two attached hydrogens (primary N) is 1. The largest absolute Gasteiger partial charge is 0.384 e. The van der Waals surface area contributed by atoms with Gasteiger partial charge in [0.2, 0.25) is 0 Å². The smallest absolute Gasteiger partial charge is 0.126 e. The molecule has 0 amide bonds. The number of nitrogens with zero attached hydrogens (tertiary/aromatic N) is 3. The Labute approximate surface area is 107 Å². The van der Waals surface area contributed by atoms with Gasteiger partial charge in [-0.25, -0.2) is 0 Å². The van der Waals surface area contributed by atoms with Crippen molar-refractivity contribution in [2.75, 3.05) is 17.2 Å². The minimum Gasteiger partial charge on any atom is -0.384 e. The number of hydrogen-bond acceptors (Lipinski definition) is 3. The summed E-state index contributed by atoms with van der Waals surface area (Å²) in [6.45, 7) is 3.93. The van der Waals surface area contributed by atoms with E-state index in [9.17, 15) is 0 Å². The van der Waals surface area contributed by atoms with Gasteiger partial charge in [-0.3, -0.25) is 4.68 Å². The maximum absolute atomic E-state index is 6.08. The van der Waals surface area contributed by atoms with Crippen molar-refractivity contribution >= 4 is 11.5 Å². The van der Waals surface area contributed by atoms with Gasteiger partial charge in [0.05, 0.1) is 5.69 Å². The Balaban J connectivity index is 1.91. The lowest BCUT2D eigenvalue weighted by atomic mass is 10.2. The van der Waals surface area contributed by atoms with Crippen LogP contribution >= 0.6 is 0 Å². The van der Waals surface area contributed by atoms with Crippen molar-refractivity contribution in [3.63, 3.8) is 0 Å². The molecule has 0 fully saturated rings. The van der Waals surface area contributed by atoms with E-state index in [1.54, 1.807) is 4.68 Å². The zero-order chi connectivity index (χ0) is 12.7. The van der Waals surface area contributed by atoms with Gasteiger partial charge < -0.3 is 10.6 Å². The lowest BCUT2D eigenvalue weighted by molar-refractivity contribution is 0.767. The lowest BCUT2D eigenvalue weighted by Crippen LogP contribution is -2.20. The van der Waals surface area contributed by atoms with Crippen LogP contribution in [0.4, 0.5) is 11.5 Å². The number of anilines is 2. The van der Waals surface area contributed by atoms with Crippen LogP contribution in [0.25, 0.3) is 0 Å². The second kappa shape index (κ2) is 4.05. The Morgan fingerprint density at radius 3 is 2.83 bits per heavy atom. The molecule has 0 saturated carbocycles. The molecule has 1 aromatic carbocycles. The molecule has 0 spiro atoms. The fourth-order valence-corrected chi connectivity index (χ4v) is 2.68. The van der Waals surface area contributed by atoms with Gasteiger partial charge in [0.1, 0.15) is 5.82 Å². The van der Waals surface area contributed by atoms with Crippen molar-refractivity contribution in [1.29, 1.82) is 0 Å². The van der Waals surface area contributed by atoms with Crippen LogP contribution in [0.2, 0.25) is 0 Å². The van der Waals surface area contributed by atoms with Crippen LogP contribution in [-0.2, 0) is 20.0 Å². The molecule has 2 heterocycles. The summed E-state index contributed by atoms with van der Waals surface area (Å²) in [5.41, 5.74) is 11.0. The summed E-state index contributed by atoms with van der Waals surface area (Å²) in [7, 11) is 1.89. The molecular formula is C14H18N4. The molecule has 0 bridgehead atoms. The third-order valence-electron chi connectivity index (χ3n) is 3.73. The van der Waals surface area contributed by atoms with E-state index in [2.05, 4.69) is 34.3 Å². The van der Waals surface area contributed by atoms with E-state index in [-0.39, 0.29) is 0 Å². The van der Waals surface area contributed by atoms with Crippen LogP contribution in [0.5, 0.6) is 0 Å². The Hall–Kier alpha value is -1.97. The fourth-order valence-electron chi connectivity index (χ4n) is 2.68. The highest BCUT2D eigenvalue weighted by atomic mass is 15.3. The Bertz CT molecular complexity index is 585. The van der Waals surface area contributed by atoms with Crippen molar-refractivity contribution in [1.82, 2.24) is 9.78 Å². The highest BCUT2D eigenvalue weighted by Crippen LogP contribution is 2.30. The predicted octanol–water partition coefficient (Wildman–Crippen LogP) is 1.87. The number of para-hydroxylation sites is 1. The van der Waals surface area contributed by atoms with Gasteiger partial charge in [-0.15, -0.1) is 0 Å². The van der Waals surface area contributed by atoms with Gasteiger partial charge in [0, 0.05) is 31.4 Å². The topological polar surface area (TPSA) is 47.1 Å². The van der Waals surface area contributed by atoms with Crippen molar-refractivity contribution in [3.05, 3.63) is 41.1 Å². The van der Waals surface area contributed by atoms with Gasteiger partial charge in [-0.2, -0.15) is 5.10 Å². The van der Waals surface area contributed by atoms with Crippen molar-refractivity contribution in [3.8, 4) is 0 Å². The SMILES string of the molecule is Cc1nn(C)c(N)c1CN1CCc2ccccc21. The molecule has 4 heteroatoms. The van der Waals surface area contributed by atoms with E-state index in [1.165, 1.54) is 11.3 Å². The Kier molecular flexibility index (Phi) is 2.51. The highest BCUT2D eigenvalue weighted by molar-refractivity contribution is 5.59. The molecule has 0 atom stereocenters. The quantitative estimate of drug-likeness (QED) is 0.874. The Morgan fingerprint density at radius 1 is 1.33 bits per heavy atom. The minimum absolute atomic E-state index is 0.775. The highest BCUT2D eigenvalue weighted by Gasteiger charge is 2.21. The number of aromatic nitrogens is 2. The van der Waals surface area contributed by atoms with Crippen LogP contribution in [0, 0.1) is 6.92 Å². The van der Waals surface area contributed by atoms with Crippen molar-refractivity contribution in [2.45, 2.75) is 19.9 Å². The van der Waals surface area contributed by atoms with Crippen LogP contribution < -0.4 is 10.6 Å². The number of rotatable bonds is 2. The molecule has 18 heavy (non-hydrogen) atoms. The monoisotopic (exact) mass is 242 g/mol. The second-order valence-corrected chi connectivity index (χ2v) is 4.87. The minimum atomic E-state index is 0.775. The molecule has 1 aliphatic rings. The number of fused-ring (bicyclic) bond motifs is 1. The first kappa shape index (κ1) is 11.1. The molecule has 94 valence electrons. The first-order chi connectivity index (χ1) is 8.66. The van der Waals surface area contributed by atoms with E-state index in [0.717, 1.165) is 36.6 Å². The summed E-state index contributed by atoms with van der Waals surface area (Å²) in [4.78, 5) is 2.38. The van der Waals surface area contributed by atoms with Crippen LogP contribution in [0.1, 0.15) is 16.8 Å². The molecule has 2 aromatic rings. The molecule has 0 saturated heterocycles. The van der Waals surface area contributed by atoms with Crippen LogP contribution in [0.3, 0.4) is 0 Å². The van der Waals surface area contributed by atoms with E-state index >= 15 is 0 Å². The third-order valence-corrected chi connectivity index (χ3v) is 3.73. The zero-order valence-corrected chi connectivity index (χ0v) is 10.8. The molecule has 0 radical (unpaired) electrons. The summed E-state index contributed by atoms with van der Waals surface area (Å²) in [5, 5.41) is 4.37. The molecule has 1 aliphatic heterocycles. The summed E-state index contributed by atoms with van der Waals surface area (Å²) < 4.78 is 1.76.